The lowest BCUT2D eigenvalue weighted by Gasteiger charge is -2.35. The minimum Gasteiger partial charge on any atom is -0.341 e. The second-order valence-corrected chi connectivity index (χ2v) is 8.16. The monoisotopic (exact) mass is 368 g/mol. The number of carbonyl (C=O) groups excluding carboxylic acids is 1. The normalized spacial score (nSPS) is 21.4. The predicted octanol–water partition coefficient (Wildman–Crippen LogP) is 2.71. The van der Waals surface area contributed by atoms with Gasteiger partial charge in [-0.2, -0.15) is 5.26 Å². The first-order chi connectivity index (χ1) is 13.1. The number of likely N-dealkylation sites (tertiary alicyclic amines) is 1. The fraction of sp³-hybridized carbons (Fsp3) is 0.636. The van der Waals surface area contributed by atoms with Crippen molar-refractivity contribution in [2.75, 3.05) is 39.3 Å². The lowest BCUT2D eigenvalue weighted by Crippen LogP contribution is -2.50. The highest BCUT2D eigenvalue weighted by atomic mass is 16.2. The zero-order valence-corrected chi connectivity index (χ0v) is 16.7. The molecule has 27 heavy (non-hydrogen) atoms. The van der Waals surface area contributed by atoms with Crippen LogP contribution in [0.5, 0.6) is 0 Å². The second-order valence-electron chi connectivity index (χ2n) is 8.16. The van der Waals surface area contributed by atoms with Gasteiger partial charge in [0.2, 0.25) is 5.91 Å². The van der Waals surface area contributed by atoms with E-state index < -0.39 is 0 Å². The van der Waals surface area contributed by atoms with Crippen LogP contribution in [0.1, 0.15) is 44.2 Å². The molecule has 0 unspecified atom stereocenters. The predicted molar refractivity (Wildman–Crippen MR) is 107 cm³/mol. The summed E-state index contributed by atoms with van der Waals surface area (Å²) in [7, 11) is 0. The van der Waals surface area contributed by atoms with Crippen molar-refractivity contribution in [1.82, 2.24) is 14.7 Å². The SMILES string of the molecule is CC1CCN(C(=O)[C@@H](C)N2CCCN(Cc3ccc(C#N)cc3)CC2)CC1. The van der Waals surface area contributed by atoms with Crippen molar-refractivity contribution >= 4 is 5.91 Å². The maximum atomic E-state index is 12.9. The van der Waals surface area contributed by atoms with E-state index >= 15 is 0 Å². The van der Waals surface area contributed by atoms with Gasteiger partial charge in [-0.1, -0.05) is 19.1 Å². The fourth-order valence-corrected chi connectivity index (χ4v) is 4.13. The molecule has 0 bridgehead atoms. The first-order valence-electron chi connectivity index (χ1n) is 10.3. The number of benzene rings is 1. The Morgan fingerprint density at radius 3 is 2.48 bits per heavy atom. The fourth-order valence-electron chi connectivity index (χ4n) is 4.13. The summed E-state index contributed by atoms with van der Waals surface area (Å²) in [6.45, 7) is 11.1. The van der Waals surface area contributed by atoms with E-state index in [2.05, 4.69) is 34.6 Å². The van der Waals surface area contributed by atoms with E-state index in [1.807, 2.05) is 24.3 Å². The molecule has 1 aromatic carbocycles. The third-order valence-electron chi connectivity index (χ3n) is 6.11. The van der Waals surface area contributed by atoms with E-state index in [9.17, 15) is 4.79 Å². The molecule has 0 aliphatic carbocycles. The van der Waals surface area contributed by atoms with Crippen LogP contribution in [0.2, 0.25) is 0 Å². The number of carbonyl (C=O) groups is 1. The number of rotatable bonds is 4. The highest BCUT2D eigenvalue weighted by Gasteiger charge is 2.29. The van der Waals surface area contributed by atoms with E-state index in [-0.39, 0.29) is 6.04 Å². The van der Waals surface area contributed by atoms with Gasteiger partial charge in [0.1, 0.15) is 0 Å². The Balaban J connectivity index is 1.51. The molecule has 2 aliphatic rings. The lowest BCUT2D eigenvalue weighted by molar-refractivity contribution is -0.137. The van der Waals surface area contributed by atoms with Gasteiger partial charge in [-0.3, -0.25) is 14.6 Å². The van der Waals surface area contributed by atoms with Crippen molar-refractivity contribution in [1.29, 1.82) is 5.26 Å². The van der Waals surface area contributed by atoms with Crippen molar-refractivity contribution in [3.05, 3.63) is 35.4 Å². The van der Waals surface area contributed by atoms with Gasteiger partial charge in [-0.15, -0.1) is 0 Å². The average Bonchev–Trinajstić information content (AvgIpc) is 2.93. The van der Waals surface area contributed by atoms with Gasteiger partial charge in [0, 0.05) is 39.3 Å². The smallest absolute Gasteiger partial charge is 0.239 e. The average molecular weight is 369 g/mol. The summed E-state index contributed by atoms with van der Waals surface area (Å²) in [5.41, 5.74) is 1.95. The molecule has 2 aliphatic heterocycles. The summed E-state index contributed by atoms with van der Waals surface area (Å²) in [6, 6.07) is 10.0. The first kappa shape index (κ1) is 19.9. The molecule has 2 heterocycles. The van der Waals surface area contributed by atoms with Gasteiger partial charge in [0.15, 0.2) is 0 Å². The molecular formula is C22H32N4O. The molecule has 5 nitrogen and oxygen atoms in total. The van der Waals surface area contributed by atoms with E-state index in [1.165, 1.54) is 5.56 Å². The summed E-state index contributed by atoms with van der Waals surface area (Å²) in [5.74, 6) is 1.06. The molecule has 0 spiro atoms. The third-order valence-corrected chi connectivity index (χ3v) is 6.11. The molecule has 3 rings (SSSR count). The van der Waals surface area contributed by atoms with Crippen LogP contribution < -0.4 is 0 Å². The number of piperidine rings is 1. The van der Waals surface area contributed by atoms with Gasteiger partial charge >= 0.3 is 0 Å². The van der Waals surface area contributed by atoms with Crippen molar-refractivity contribution in [3.63, 3.8) is 0 Å². The number of amides is 1. The number of nitrogens with zero attached hydrogens (tertiary/aromatic N) is 4. The van der Waals surface area contributed by atoms with Gasteiger partial charge in [-0.25, -0.2) is 0 Å². The highest BCUT2D eigenvalue weighted by molar-refractivity contribution is 5.81. The number of hydrogen-bond acceptors (Lipinski definition) is 4. The molecular weight excluding hydrogens is 336 g/mol. The Kier molecular flexibility index (Phi) is 6.87. The maximum Gasteiger partial charge on any atom is 0.239 e. The van der Waals surface area contributed by atoms with Crippen LogP contribution in [0.15, 0.2) is 24.3 Å². The maximum absolute atomic E-state index is 12.9. The van der Waals surface area contributed by atoms with E-state index in [4.69, 9.17) is 5.26 Å². The van der Waals surface area contributed by atoms with Crippen molar-refractivity contribution in [2.24, 2.45) is 5.92 Å². The Labute approximate surface area is 163 Å². The third kappa shape index (κ3) is 5.31. The molecule has 2 saturated heterocycles. The standard InChI is InChI=1S/C22H32N4O/c1-18-8-12-26(13-9-18)22(27)19(2)25-11-3-10-24(14-15-25)17-21-6-4-20(16-23)5-7-21/h4-7,18-19H,3,8-15,17H2,1-2H3/t19-/m1/s1. The summed E-state index contributed by atoms with van der Waals surface area (Å²) in [5, 5.41) is 8.92. The number of hydrogen-bond donors (Lipinski definition) is 0. The van der Waals surface area contributed by atoms with Crippen molar-refractivity contribution in [2.45, 2.75) is 45.7 Å². The van der Waals surface area contributed by atoms with Gasteiger partial charge in [0.05, 0.1) is 17.7 Å². The summed E-state index contributed by atoms with van der Waals surface area (Å²) < 4.78 is 0. The zero-order valence-electron chi connectivity index (χ0n) is 16.7. The lowest BCUT2D eigenvalue weighted by atomic mass is 9.98. The zero-order chi connectivity index (χ0) is 19.2. The quantitative estimate of drug-likeness (QED) is 0.820. The van der Waals surface area contributed by atoms with Crippen molar-refractivity contribution < 1.29 is 4.79 Å². The first-order valence-corrected chi connectivity index (χ1v) is 10.3. The largest absolute Gasteiger partial charge is 0.341 e. The highest BCUT2D eigenvalue weighted by Crippen LogP contribution is 2.19. The summed E-state index contributed by atoms with van der Waals surface area (Å²) >= 11 is 0. The Morgan fingerprint density at radius 2 is 1.81 bits per heavy atom. The molecule has 1 amide bonds. The van der Waals surface area contributed by atoms with Gasteiger partial charge < -0.3 is 4.90 Å². The second kappa shape index (κ2) is 9.34. The molecule has 0 N–H and O–H groups in total. The molecule has 0 saturated carbocycles. The Bertz CT molecular complexity index is 658. The molecule has 146 valence electrons. The van der Waals surface area contributed by atoms with Crippen LogP contribution in [0.3, 0.4) is 0 Å². The molecule has 1 aromatic rings. The molecule has 2 fully saturated rings. The summed E-state index contributed by atoms with van der Waals surface area (Å²) in [6.07, 6.45) is 3.36. The topological polar surface area (TPSA) is 50.6 Å². The van der Waals surface area contributed by atoms with Crippen LogP contribution in [-0.2, 0) is 11.3 Å². The molecule has 0 radical (unpaired) electrons. The number of nitriles is 1. The van der Waals surface area contributed by atoms with E-state index in [0.29, 0.717) is 11.5 Å². The van der Waals surface area contributed by atoms with Crippen LogP contribution in [-0.4, -0.2) is 65.9 Å². The van der Waals surface area contributed by atoms with E-state index in [0.717, 1.165) is 71.0 Å². The molecule has 1 atom stereocenters. The Hall–Kier alpha value is -1.90. The minimum absolute atomic E-state index is 0.0201. The Morgan fingerprint density at radius 1 is 1.11 bits per heavy atom. The molecule has 0 aromatic heterocycles. The van der Waals surface area contributed by atoms with Crippen molar-refractivity contribution in [3.8, 4) is 6.07 Å². The molecule has 5 heteroatoms. The summed E-state index contributed by atoms with van der Waals surface area (Å²) in [4.78, 5) is 19.8. The van der Waals surface area contributed by atoms with Gasteiger partial charge in [0.25, 0.3) is 0 Å². The van der Waals surface area contributed by atoms with Crippen LogP contribution in [0, 0.1) is 17.2 Å². The van der Waals surface area contributed by atoms with Crippen LogP contribution in [0.25, 0.3) is 0 Å². The van der Waals surface area contributed by atoms with Crippen LogP contribution >= 0.6 is 0 Å². The minimum atomic E-state index is -0.0201. The van der Waals surface area contributed by atoms with E-state index in [1.54, 1.807) is 0 Å². The van der Waals surface area contributed by atoms with Crippen LogP contribution in [0.4, 0.5) is 0 Å². The van der Waals surface area contributed by atoms with Gasteiger partial charge in [-0.05, 0) is 56.3 Å².